The van der Waals surface area contributed by atoms with Crippen LogP contribution in [0.1, 0.15) is 16.7 Å². The molecule has 2 rings (SSSR count). The molecular formula is C15H14F3NO. The molecule has 0 aromatic heterocycles. The zero-order valence-corrected chi connectivity index (χ0v) is 10.9. The minimum Gasteiger partial charge on any atom is -0.489 e. The summed E-state index contributed by atoms with van der Waals surface area (Å²) in [4.78, 5) is 0. The molecule has 5 heteroatoms. The number of aryl methyl sites for hydroxylation is 1. The first-order valence-corrected chi connectivity index (χ1v) is 6.01. The van der Waals surface area contributed by atoms with E-state index in [0.717, 1.165) is 17.7 Å². The number of alkyl halides is 3. The van der Waals surface area contributed by atoms with Crippen LogP contribution in [-0.2, 0) is 12.8 Å². The van der Waals surface area contributed by atoms with Crippen molar-refractivity contribution >= 4 is 5.69 Å². The van der Waals surface area contributed by atoms with Crippen LogP contribution in [-0.4, -0.2) is 0 Å². The van der Waals surface area contributed by atoms with E-state index in [1.54, 1.807) is 24.3 Å². The van der Waals surface area contributed by atoms with E-state index in [-0.39, 0.29) is 6.61 Å². The maximum Gasteiger partial charge on any atom is 0.416 e. The summed E-state index contributed by atoms with van der Waals surface area (Å²) in [6.07, 6.45) is -4.34. The smallest absolute Gasteiger partial charge is 0.416 e. The summed E-state index contributed by atoms with van der Waals surface area (Å²) < 4.78 is 43.3. The maximum absolute atomic E-state index is 12.6. The predicted octanol–water partition coefficient (Wildman–Crippen LogP) is 4.18. The van der Waals surface area contributed by atoms with Crippen molar-refractivity contribution in [2.24, 2.45) is 0 Å². The van der Waals surface area contributed by atoms with Gasteiger partial charge in [-0.25, -0.2) is 0 Å². The van der Waals surface area contributed by atoms with Gasteiger partial charge in [-0.05, 0) is 48.4 Å². The lowest BCUT2D eigenvalue weighted by Gasteiger charge is -2.11. The van der Waals surface area contributed by atoms with Crippen molar-refractivity contribution in [1.29, 1.82) is 0 Å². The Morgan fingerprint density at radius 2 is 1.85 bits per heavy atom. The number of rotatable bonds is 3. The monoisotopic (exact) mass is 281 g/mol. The highest BCUT2D eigenvalue weighted by Crippen LogP contribution is 2.30. The molecule has 0 aliphatic rings. The van der Waals surface area contributed by atoms with Gasteiger partial charge >= 0.3 is 6.18 Å². The van der Waals surface area contributed by atoms with Crippen LogP contribution in [0, 0.1) is 6.92 Å². The first-order chi connectivity index (χ1) is 9.36. The van der Waals surface area contributed by atoms with E-state index in [0.29, 0.717) is 17.0 Å². The van der Waals surface area contributed by atoms with Crippen molar-refractivity contribution in [3.8, 4) is 5.75 Å². The van der Waals surface area contributed by atoms with Gasteiger partial charge in [0.1, 0.15) is 12.4 Å². The van der Waals surface area contributed by atoms with Gasteiger partial charge in [-0.3, -0.25) is 0 Å². The van der Waals surface area contributed by atoms with Crippen LogP contribution in [0.25, 0.3) is 0 Å². The van der Waals surface area contributed by atoms with E-state index in [2.05, 4.69) is 0 Å². The highest BCUT2D eigenvalue weighted by molar-refractivity contribution is 5.47. The molecule has 0 aliphatic carbocycles. The molecule has 106 valence electrons. The number of hydrogen-bond acceptors (Lipinski definition) is 2. The van der Waals surface area contributed by atoms with Crippen LogP contribution in [0.15, 0.2) is 42.5 Å². The van der Waals surface area contributed by atoms with E-state index < -0.39 is 11.7 Å². The highest BCUT2D eigenvalue weighted by atomic mass is 19.4. The van der Waals surface area contributed by atoms with Gasteiger partial charge in [0.15, 0.2) is 0 Å². The third-order valence-electron chi connectivity index (χ3n) is 2.85. The van der Waals surface area contributed by atoms with Crippen molar-refractivity contribution < 1.29 is 17.9 Å². The van der Waals surface area contributed by atoms with Gasteiger partial charge in [0.2, 0.25) is 0 Å². The minimum absolute atomic E-state index is 0.0781. The van der Waals surface area contributed by atoms with Gasteiger partial charge in [-0.15, -0.1) is 0 Å². The Labute approximate surface area is 115 Å². The fourth-order valence-electron chi connectivity index (χ4n) is 1.83. The number of nitrogens with two attached hydrogens (primary N) is 1. The summed E-state index contributed by atoms with van der Waals surface area (Å²) in [6.45, 7) is 1.91. The van der Waals surface area contributed by atoms with Gasteiger partial charge in [-0.1, -0.05) is 12.1 Å². The Hall–Kier alpha value is -2.17. The van der Waals surface area contributed by atoms with Crippen molar-refractivity contribution in [1.82, 2.24) is 0 Å². The summed E-state index contributed by atoms with van der Waals surface area (Å²) >= 11 is 0. The molecule has 0 radical (unpaired) electrons. The molecule has 0 unspecified atom stereocenters. The molecule has 0 saturated heterocycles. The average Bonchev–Trinajstić information content (AvgIpc) is 2.37. The van der Waals surface area contributed by atoms with Crippen LogP contribution in [0.2, 0.25) is 0 Å². The van der Waals surface area contributed by atoms with Crippen molar-refractivity contribution in [3.05, 3.63) is 59.2 Å². The van der Waals surface area contributed by atoms with E-state index in [1.165, 1.54) is 6.07 Å². The van der Waals surface area contributed by atoms with Crippen LogP contribution in [0.4, 0.5) is 18.9 Å². The van der Waals surface area contributed by atoms with Crippen LogP contribution in [0.5, 0.6) is 5.75 Å². The molecule has 20 heavy (non-hydrogen) atoms. The molecule has 0 spiro atoms. The Balaban J connectivity index is 2.11. The number of anilines is 1. The van der Waals surface area contributed by atoms with E-state index in [9.17, 15) is 13.2 Å². The Morgan fingerprint density at radius 3 is 2.50 bits per heavy atom. The molecule has 2 aromatic rings. The summed E-state index contributed by atoms with van der Waals surface area (Å²) in [7, 11) is 0. The third kappa shape index (κ3) is 3.44. The Bertz CT molecular complexity index is 608. The van der Waals surface area contributed by atoms with Gasteiger partial charge in [0.25, 0.3) is 0 Å². The zero-order chi connectivity index (χ0) is 14.8. The topological polar surface area (TPSA) is 35.2 Å². The first kappa shape index (κ1) is 14.2. The average molecular weight is 281 g/mol. The number of benzene rings is 2. The molecule has 0 amide bonds. The fraction of sp³-hybridized carbons (Fsp3) is 0.200. The zero-order valence-electron chi connectivity index (χ0n) is 10.9. The van der Waals surface area contributed by atoms with Crippen molar-refractivity contribution in [2.75, 3.05) is 5.73 Å². The number of hydrogen-bond donors (Lipinski definition) is 1. The third-order valence-corrected chi connectivity index (χ3v) is 2.85. The number of halogens is 3. The van der Waals surface area contributed by atoms with E-state index >= 15 is 0 Å². The van der Waals surface area contributed by atoms with Crippen molar-refractivity contribution in [2.45, 2.75) is 19.7 Å². The molecule has 0 fully saturated rings. The van der Waals surface area contributed by atoms with Crippen molar-refractivity contribution in [3.63, 3.8) is 0 Å². The number of ether oxygens (including phenoxy) is 1. The lowest BCUT2D eigenvalue weighted by Crippen LogP contribution is -2.06. The maximum atomic E-state index is 12.6. The van der Waals surface area contributed by atoms with Gasteiger partial charge < -0.3 is 10.5 Å². The molecule has 2 aromatic carbocycles. The second kappa shape index (κ2) is 5.45. The molecule has 0 saturated carbocycles. The summed E-state index contributed by atoms with van der Waals surface area (Å²) in [5, 5.41) is 0. The largest absolute Gasteiger partial charge is 0.489 e. The first-order valence-electron chi connectivity index (χ1n) is 6.01. The van der Waals surface area contributed by atoms with Crippen LogP contribution < -0.4 is 10.5 Å². The van der Waals surface area contributed by atoms with E-state index in [4.69, 9.17) is 10.5 Å². The standard InChI is InChI=1S/C15H14F3NO/c1-10-7-13(19)5-6-14(10)20-9-11-3-2-4-12(8-11)15(16,17)18/h2-8H,9,19H2,1H3. The normalized spacial score (nSPS) is 11.4. The van der Waals surface area contributed by atoms with Gasteiger partial charge in [-0.2, -0.15) is 13.2 Å². The molecule has 0 atom stereocenters. The summed E-state index contributed by atoms with van der Waals surface area (Å²) in [5.41, 5.74) is 6.88. The molecular weight excluding hydrogens is 267 g/mol. The molecule has 2 nitrogen and oxygen atoms in total. The lowest BCUT2D eigenvalue weighted by molar-refractivity contribution is -0.137. The lowest BCUT2D eigenvalue weighted by atomic mass is 10.1. The van der Waals surface area contributed by atoms with Gasteiger partial charge in [0, 0.05) is 5.69 Å². The predicted molar refractivity (Wildman–Crippen MR) is 71.4 cm³/mol. The highest BCUT2D eigenvalue weighted by Gasteiger charge is 2.30. The second-order valence-electron chi connectivity index (χ2n) is 4.51. The Kier molecular flexibility index (Phi) is 3.88. The molecule has 2 N–H and O–H groups in total. The minimum atomic E-state index is -4.34. The molecule has 0 heterocycles. The van der Waals surface area contributed by atoms with Crippen LogP contribution in [0.3, 0.4) is 0 Å². The van der Waals surface area contributed by atoms with E-state index in [1.807, 2.05) is 6.92 Å². The fourth-order valence-corrected chi connectivity index (χ4v) is 1.83. The Morgan fingerprint density at radius 1 is 1.10 bits per heavy atom. The second-order valence-corrected chi connectivity index (χ2v) is 4.51. The quantitative estimate of drug-likeness (QED) is 0.857. The van der Waals surface area contributed by atoms with Gasteiger partial charge in [0.05, 0.1) is 5.56 Å². The SMILES string of the molecule is Cc1cc(N)ccc1OCc1cccc(C(F)(F)F)c1. The number of nitrogen functional groups attached to an aromatic ring is 1. The summed E-state index contributed by atoms with van der Waals surface area (Å²) in [6, 6.07) is 10.2. The van der Waals surface area contributed by atoms with Crippen LogP contribution >= 0.6 is 0 Å². The summed E-state index contributed by atoms with van der Waals surface area (Å²) in [5.74, 6) is 0.608. The molecule has 0 bridgehead atoms. The molecule has 0 aliphatic heterocycles.